The first-order valence-electron chi connectivity index (χ1n) is 11.7. The highest BCUT2D eigenvalue weighted by Gasteiger charge is 2.44. The molecule has 0 bridgehead atoms. The molecule has 2 aromatic rings. The Balaban J connectivity index is 1.34. The number of piperidine rings is 1. The molecular weight excluding hydrogens is 384 g/mol. The largest absolute Gasteiger partial charge is 0.357 e. The summed E-state index contributed by atoms with van der Waals surface area (Å²) in [5.41, 5.74) is 3.54. The predicted octanol–water partition coefficient (Wildman–Crippen LogP) is 4.10. The monoisotopic (exact) mass is 418 g/mol. The van der Waals surface area contributed by atoms with Gasteiger partial charge in [-0.05, 0) is 62.3 Å². The molecule has 1 heterocycles. The standard InChI is InChI=1S/C26H34N4O/c1-2-27-25(29-20-26(15-16-26)23-9-5-3-6-10-23)28-19-21-11-13-22(14-12-21)24(31)30-17-7-4-8-18-30/h3,5-6,9-14H,2,4,7-8,15-20H2,1H3,(H2,27,28,29). The summed E-state index contributed by atoms with van der Waals surface area (Å²) in [7, 11) is 0. The molecule has 1 saturated heterocycles. The van der Waals surface area contributed by atoms with Gasteiger partial charge in [0.25, 0.3) is 5.91 Å². The molecule has 1 amide bonds. The van der Waals surface area contributed by atoms with E-state index >= 15 is 0 Å². The van der Waals surface area contributed by atoms with Gasteiger partial charge < -0.3 is 15.5 Å². The minimum absolute atomic E-state index is 0.153. The Hall–Kier alpha value is -2.82. The van der Waals surface area contributed by atoms with E-state index in [1.165, 1.54) is 24.8 Å². The van der Waals surface area contributed by atoms with Gasteiger partial charge >= 0.3 is 0 Å². The van der Waals surface area contributed by atoms with Gasteiger partial charge in [0.2, 0.25) is 0 Å². The Bertz CT molecular complexity index is 881. The second kappa shape index (κ2) is 9.99. The number of rotatable bonds is 7. The van der Waals surface area contributed by atoms with Gasteiger partial charge in [-0.15, -0.1) is 0 Å². The summed E-state index contributed by atoms with van der Waals surface area (Å²) in [5.74, 6) is 0.999. The van der Waals surface area contributed by atoms with Gasteiger partial charge in [0.15, 0.2) is 5.96 Å². The third-order valence-corrected chi connectivity index (χ3v) is 6.44. The van der Waals surface area contributed by atoms with E-state index in [0.717, 1.165) is 56.1 Å². The maximum atomic E-state index is 12.6. The van der Waals surface area contributed by atoms with Crippen LogP contribution < -0.4 is 10.6 Å². The zero-order chi connectivity index (χ0) is 21.5. The van der Waals surface area contributed by atoms with Gasteiger partial charge in [0.05, 0.1) is 6.54 Å². The lowest BCUT2D eigenvalue weighted by molar-refractivity contribution is 0.0724. The molecule has 1 saturated carbocycles. The molecule has 4 rings (SSSR count). The quantitative estimate of drug-likeness (QED) is 0.526. The molecule has 1 aliphatic carbocycles. The van der Waals surface area contributed by atoms with Crippen LogP contribution in [0.25, 0.3) is 0 Å². The van der Waals surface area contributed by atoms with Crippen molar-refractivity contribution in [3.63, 3.8) is 0 Å². The number of carbonyl (C=O) groups is 1. The Labute approximate surface area is 186 Å². The molecule has 0 unspecified atom stereocenters. The van der Waals surface area contributed by atoms with E-state index in [1.807, 2.05) is 29.2 Å². The van der Waals surface area contributed by atoms with E-state index in [-0.39, 0.29) is 11.3 Å². The van der Waals surface area contributed by atoms with Crippen molar-refractivity contribution in [2.24, 2.45) is 4.99 Å². The predicted molar refractivity (Wildman–Crippen MR) is 126 cm³/mol. The van der Waals surface area contributed by atoms with Crippen LogP contribution >= 0.6 is 0 Å². The molecule has 1 aliphatic heterocycles. The van der Waals surface area contributed by atoms with Crippen LogP contribution in [0.2, 0.25) is 0 Å². The van der Waals surface area contributed by atoms with Crippen LogP contribution in [-0.2, 0) is 12.0 Å². The van der Waals surface area contributed by atoms with Crippen molar-refractivity contribution in [3.8, 4) is 0 Å². The smallest absolute Gasteiger partial charge is 0.253 e. The Kier molecular flexibility index (Phi) is 6.90. The maximum Gasteiger partial charge on any atom is 0.253 e. The minimum atomic E-state index is 0.153. The fraction of sp³-hybridized carbons (Fsp3) is 0.462. The maximum absolute atomic E-state index is 12.6. The van der Waals surface area contributed by atoms with Crippen molar-refractivity contribution < 1.29 is 4.79 Å². The van der Waals surface area contributed by atoms with E-state index in [0.29, 0.717) is 6.54 Å². The van der Waals surface area contributed by atoms with Crippen molar-refractivity contribution in [2.45, 2.75) is 51.0 Å². The number of hydrogen-bond acceptors (Lipinski definition) is 2. The van der Waals surface area contributed by atoms with Gasteiger partial charge in [0.1, 0.15) is 0 Å². The van der Waals surface area contributed by atoms with Crippen LogP contribution in [0, 0.1) is 0 Å². The van der Waals surface area contributed by atoms with Crippen molar-refractivity contribution in [2.75, 3.05) is 26.2 Å². The van der Waals surface area contributed by atoms with Crippen LogP contribution in [0.4, 0.5) is 0 Å². The number of amides is 1. The molecule has 0 radical (unpaired) electrons. The molecule has 5 nitrogen and oxygen atoms in total. The average molecular weight is 419 g/mol. The minimum Gasteiger partial charge on any atom is -0.357 e. The van der Waals surface area contributed by atoms with Crippen LogP contribution in [-0.4, -0.2) is 42.9 Å². The first kappa shape index (κ1) is 21.4. The van der Waals surface area contributed by atoms with Crippen LogP contribution in [0.15, 0.2) is 59.6 Å². The molecule has 2 aliphatic rings. The molecule has 0 aromatic heterocycles. The van der Waals surface area contributed by atoms with E-state index in [9.17, 15) is 4.79 Å². The van der Waals surface area contributed by atoms with Gasteiger partial charge in [-0.3, -0.25) is 4.79 Å². The molecule has 2 N–H and O–H groups in total. The molecule has 5 heteroatoms. The van der Waals surface area contributed by atoms with Crippen LogP contribution in [0.5, 0.6) is 0 Å². The number of nitrogens with zero attached hydrogens (tertiary/aromatic N) is 2. The van der Waals surface area contributed by atoms with E-state index in [4.69, 9.17) is 4.99 Å². The number of aliphatic imine (C=N–C) groups is 1. The fourth-order valence-electron chi connectivity index (χ4n) is 4.31. The molecule has 31 heavy (non-hydrogen) atoms. The SMILES string of the molecule is CCNC(=NCc1ccc(C(=O)N2CCCCC2)cc1)NCC1(c2ccccc2)CC1. The van der Waals surface area contributed by atoms with Crippen LogP contribution in [0.1, 0.15) is 60.5 Å². The Morgan fingerprint density at radius 2 is 1.68 bits per heavy atom. The first-order chi connectivity index (χ1) is 15.2. The summed E-state index contributed by atoms with van der Waals surface area (Å²) in [6.07, 6.45) is 5.90. The summed E-state index contributed by atoms with van der Waals surface area (Å²) < 4.78 is 0. The number of likely N-dealkylation sites (tertiary alicyclic amines) is 1. The normalized spacial score (nSPS) is 17.8. The molecule has 2 aromatic carbocycles. The van der Waals surface area contributed by atoms with Gasteiger partial charge in [-0.25, -0.2) is 4.99 Å². The zero-order valence-electron chi connectivity index (χ0n) is 18.6. The lowest BCUT2D eigenvalue weighted by Gasteiger charge is -2.26. The summed E-state index contributed by atoms with van der Waals surface area (Å²) in [6.45, 7) is 6.16. The lowest BCUT2D eigenvalue weighted by Crippen LogP contribution is -2.41. The van der Waals surface area contributed by atoms with Crippen LogP contribution in [0.3, 0.4) is 0 Å². The van der Waals surface area contributed by atoms with E-state index < -0.39 is 0 Å². The number of benzene rings is 2. The van der Waals surface area contributed by atoms with Crippen molar-refractivity contribution in [1.82, 2.24) is 15.5 Å². The summed E-state index contributed by atoms with van der Waals surface area (Å²) in [5, 5.41) is 6.90. The van der Waals surface area contributed by atoms with E-state index in [2.05, 4.69) is 47.9 Å². The highest BCUT2D eigenvalue weighted by atomic mass is 16.2. The first-order valence-corrected chi connectivity index (χ1v) is 11.7. The molecule has 2 fully saturated rings. The van der Waals surface area contributed by atoms with Crippen molar-refractivity contribution >= 4 is 11.9 Å². The van der Waals surface area contributed by atoms with E-state index in [1.54, 1.807) is 0 Å². The highest BCUT2D eigenvalue weighted by Crippen LogP contribution is 2.47. The van der Waals surface area contributed by atoms with Crippen molar-refractivity contribution in [3.05, 3.63) is 71.3 Å². The Morgan fingerprint density at radius 3 is 2.32 bits per heavy atom. The number of guanidine groups is 1. The van der Waals surface area contributed by atoms with Gasteiger partial charge in [-0.1, -0.05) is 42.5 Å². The number of hydrogen-bond donors (Lipinski definition) is 2. The third kappa shape index (κ3) is 5.46. The highest BCUT2D eigenvalue weighted by molar-refractivity contribution is 5.94. The number of nitrogens with one attached hydrogen (secondary N) is 2. The second-order valence-electron chi connectivity index (χ2n) is 8.74. The second-order valence-corrected chi connectivity index (χ2v) is 8.74. The fourth-order valence-corrected chi connectivity index (χ4v) is 4.31. The summed E-state index contributed by atoms with van der Waals surface area (Å²) in [6, 6.07) is 18.7. The lowest BCUT2D eigenvalue weighted by atomic mass is 9.96. The summed E-state index contributed by atoms with van der Waals surface area (Å²) in [4.78, 5) is 19.4. The third-order valence-electron chi connectivity index (χ3n) is 6.44. The zero-order valence-corrected chi connectivity index (χ0v) is 18.6. The van der Waals surface area contributed by atoms with Gasteiger partial charge in [-0.2, -0.15) is 0 Å². The Morgan fingerprint density at radius 1 is 0.968 bits per heavy atom. The average Bonchev–Trinajstić information content (AvgIpc) is 3.63. The number of carbonyl (C=O) groups excluding carboxylic acids is 1. The summed E-state index contributed by atoms with van der Waals surface area (Å²) >= 11 is 0. The molecule has 164 valence electrons. The molecule has 0 spiro atoms. The molecule has 0 atom stereocenters. The van der Waals surface area contributed by atoms with Crippen molar-refractivity contribution in [1.29, 1.82) is 0 Å². The van der Waals surface area contributed by atoms with Gasteiger partial charge in [0, 0.05) is 37.2 Å². The topological polar surface area (TPSA) is 56.7 Å². The molecular formula is C26H34N4O.